The van der Waals surface area contributed by atoms with Crippen LogP contribution in [-0.4, -0.2) is 90.2 Å². The summed E-state index contributed by atoms with van der Waals surface area (Å²) in [7, 11) is 2.06. The lowest BCUT2D eigenvalue weighted by Gasteiger charge is -2.36. The summed E-state index contributed by atoms with van der Waals surface area (Å²) in [6.45, 7) is 8.18. The van der Waals surface area contributed by atoms with Crippen molar-refractivity contribution in [1.82, 2.24) is 14.8 Å². The van der Waals surface area contributed by atoms with Gasteiger partial charge in [0, 0.05) is 62.0 Å². The smallest absolute Gasteiger partial charge is 0.323 e. The van der Waals surface area contributed by atoms with Gasteiger partial charge in [0.25, 0.3) is 5.91 Å². The van der Waals surface area contributed by atoms with Gasteiger partial charge in [0.05, 0.1) is 30.4 Å². The molecule has 0 aliphatic carbocycles. The number of likely N-dealkylation sites (N-methyl/N-ethyl adjacent to an activating group) is 1. The van der Waals surface area contributed by atoms with E-state index in [4.69, 9.17) is 18.9 Å². The Hall–Kier alpha value is -4.39. The van der Waals surface area contributed by atoms with E-state index in [9.17, 15) is 14.7 Å². The normalized spacial score (nSPS) is 20.8. The van der Waals surface area contributed by atoms with Gasteiger partial charge in [0.2, 0.25) is 6.79 Å². The van der Waals surface area contributed by atoms with E-state index in [1.165, 1.54) is 0 Å². The fourth-order valence-corrected chi connectivity index (χ4v) is 5.90. The van der Waals surface area contributed by atoms with Crippen molar-refractivity contribution in [3.8, 4) is 17.2 Å². The Bertz CT molecular complexity index is 1520. The molecule has 3 N–H and O–H groups in total. The molecule has 2 aliphatic rings. The molecular formula is C36H47N5O7. The molecule has 3 aromatic rings. The highest BCUT2D eigenvalue weighted by Gasteiger charge is 2.30. The molecule has 2 aliphatic heterocycles. The fraction of sp³-hybridized carbons (Fsp3) is 0.472. The molecule has 0 fully saturated rings. The number of carbonyl (C=O) groups is 2. The van der Waals surface area contributed by atoms with Crippen molar-refractivity contribution in [1.29, 1.82) is 0 Å². The van der Waals surface area contributed by atoms with Gasteiger partial charge in [-0.15, -0.1) is 0 Å². The first-order valence-corrected chi connectivity index (χ1v) is 16.6. The average molecular weight is 662 g/mol. The number of urea groups is 1. The van der Waals surface area contributed by atoms with Crippen LogP contribution in [0.2, 0.25) is 0 Å². The van der Waals surface area contributed by atoms with Crippen molar-refractivity contribution < 1.29 is 33.6 Å². The maximum Gasteiger partial charge on any atom is 0.323 e. The highest BCUT2D eigenvalue weighted by molar-refractivity contribution is 6.02. The zero-order valence-electron chi connectivity index (χ0n) is 28.2. The van der Waals surface area contributed by atoms with Crippen LogP contribution in [0.25, 0.3) is 0 Å². The van der Waals surface area contributed by atoms with E-state index in [1.807, 2.05) is 26.0 Å². The van der Waals surface area contributed by atoms with Gasteiger partial charge in [-0.05, 0) is 88.2 Å². The van der Waals surface area contributed by atoms with Crippen LogP contribution in [0.15, 0.2) is 60.9 Å². The highest BCUT2D eigenvalue weighted by atomic mass is 16.7. The molecular weight excluding hydrogens is 614 g/mol. The Kier molecular flexibility index (Phi) is 12.1. The lowest BCUT2D eigenvalue weighted by molar-refractivity contribution is -0.0177. The summed E-state index contributed by atoms with van der Waals surface area (Å²) in [4.78, 5) is 35.4. The minimum Gasteiger partial charge on any atom is -0.490 e. The lowest BCUT2D eigenvalue weighted by atomic mass is 10.0. The van der Waals surface area contributed by atoms with Crippen LogP contribution in [0.4, 0.5) is 16.2 Å². The first-order valence-electron chi connectivity index (χ1n) is 16.6. The van der Waals surface area contributed by atoms with Crippen molar-refractivity contribution in [2.75, 3.05) is 50.8 Å². The maximum atomic E-state index is 14.4. The molecule has 5 rings (SSSR count). The number of rotatable bonds is 8. The second-order valence-electron chi connectivity index (χ2n) is 12.7. The Morgan fingerprint density at radius 3 is 2.48 bits per heavy atom. The summed E-state index contributed by atoms with van der Waals surface area (Å²) in [6, 6.07) is 13.3. The van der Waals surface area contributed by atoms with E-state index >= 15 is 0 Å². The second kappa shape index (κ2) is 16.6. The zero-order chi connectivity index (χ0) is 34.0. The maximum absolute atomic E-state index is 14.4. The van der Waals surface area contributed by atoms with Crippen molar-refractivity contribution in [3.05, 3.63) is 72.1 Å². The molecule has 0 unspecified atom stereocenters. The van der Waals surface area contributed by atoms with Gasteiger partial charge in [0.15, 0.2) is 11.5 Å². The number of nitrogens with one attached hydrogen (secondary N) is 2. The molecule has 3 amide bonds. The molecule has 0 saturated carbocycles. The van der Waals surface area contributed by atoms with E-state index in [0.717, 1.165) is 31.4 Å². The van der Waals surface area contributed by atoms with Crippen LogP contribution in [-0.2, 0) is 11.3 Å². The van der Waals surface area contributed by atoms with E-state index in [0.29, 0.717) is 53.9 Å². The standard InChI is InChI=1S/C36H47N5O7/c1-24-19-41(25(2)22-42)35(43)30-17-28(38-36(44)39-29-9-11-32-33(18-29)47-23-46-32)8-10-31(30)48-26(3)7-5-6-16-45-34(24)21-40(4)20-27-12-14-37-15-13-27/h8-15,17-18,24-26,34,42H,5-7,16,19-23H2,1-4H3,(H2,38,39,44)/t24-,25-,26+,34+/m1/s1. The van der Waals surface area contributed by atoms with Gasteiger partial charge in [-0.25, -0.2) is 4.79 Å². The molecule has 2 aromatic carbocycles. The number of benzene rings is 2. The van der Waals surface area contributed by atoms with Crippen LogP contribution in [0.5, 0.6) is 17.2 Å². The van der Waals surface area contributed by atoms with Crippen LogP contribution in [0, 0.1) is 5.92 Å². The number of nitrogens with zero attached hydrogens (tertiary/aromatic N) is 3. The predicted molar refractivity (Wildman–Crippen MR) is 183 cm³/mol. The summed E-state index contributed by atoms with van der Waals surface area (Å²) in [5, 5.41) is 15.9. The summed E-state index contributed by atoms with van der Waals surface area (Å²) >= 11 is 0. The Balaban J connectivity index is 1.36. The van der Waals surface area contributed by atoms with Crippen LogP contribution < -0.4 is 24.8 Å². The first kappa shape index (κ1) is 34.9. The molecule has 258 valence electrons. The lowest BCUT2D eigenvalue weighted by Crippen LogP contribution is -2.47. The van der Waals surface area contributed by atoms with Gasteiger partial charge < -0.3 is 39.6 Å². The number of aromatic nitrogens is 1. The number of carbonyl (C=O) groups excluding carboxylic acids is 2. The average Bonchev–Trinajstić information content (AvgIpc) is 3.54. The number of hydrogen-bond donors (Lipinski definition) is 3. The van der Waals surface area contributed by atoms with E-state index in [2.05, 4.69) is 34.5 Å². The van der Waals surface area contributed by atoms with Gasteiger partial charge >= 0.3 is 6.03 Å². The summed E-state index contributed by atoms with van der Waals surface area (Å²) in [5.74, 6) is 1.25. The number of pyridine rings is 1. The number of aliphatic hydroxyl groups is 1. The minimum absolute atomic E-state index is 0.0529. The first-order chi connectivity index (χ1) is 23.2. The van der Waals surface area contributed by atoms with Crippen LogP contribution >= 0.6 is 0 Å². The molecule has 0 radical (unpaired) electrons. The van der Waals surface area contributed by atoms with Crippen molar-refractivity contribution in [3.63, 3.8) is 0 Å². The molecule has 3 heterocycles. The van der Waals surface area contributed by atoms with Crippen molar-refractivity contribution in [2.24, 2.45) is 5.92 Å². The predicted octanol–water partition coefficient (Wildman–Crippen LogP) is 5.38. The van der Waals surface area contributed by atoms with Gasteiger partial charge in [-0.1, -0.05) is 6.92 Å². The number of fused-ring (bicyclic) bond motifs is 2. The molecule has 48 heavy (non-hydrogen) atoms. The largest absolute Gasteiger partial charge is 0.490 e. The van der Waals surface area contributed by atoms with Crippen LogP contribution in [0.1, 0.15) is 56.0 Å². The quantitative estimate of drug-likeness (QED) is 0.291. The van der Waals surface area contributed by atoms with E-state index in [-0.39, 0.29) is 37.4 Å². The number of aliphatic hydroxyl groups excluding tert-OH is 1. The SMILES string of the molecule is C[C@@H]1CN([C@H](C)CO)C(=O)c2cc(NC(=O)Nc3ccc4c(c3)OCO4)ccc2O[C@@H](C)CCCCO[C@H]1CN(C)Cc1ccncc1. The topological polar surface area (TPSA) is 135 Å². The third kappa shape index (κ3) is 9.36. The Morgan fingerprint density at radius 2 is 1.73 bits per heavy atom. The Labute approximate surface area is 282 Å². The molecule has 0 spiro atoms. The number of hydrogen-bond acceptors (Lipinski definition) is 9. The molecule has 12 nitrogen and oxygen atoms in total. The van der Waals surface area contributed by atoms with Gasteiger partial charge in [-0.2, -0.15) is 0 Å². The van der Waals surface area contributed by atoms with Crippen molar-refractivity contribution in [2.45, 2.75) is 64.8 Å². The second-order valence-corrected chi connectivity index (χ2v) is 12.7. The van der Waals surface area contributed by atoms with Gasteiger partial charge in [0.1, 0.15) is 5.75 Å². The fourth-order valence-electron chi connectivity index (χ4n) is 5.90. The molecule has 0 saturated heterocycles. The molecule has 12 heteroatoms. The monoisotopic (exact) mass is 661 g/mol. The molecule has 4 atom stereocenters. The highest BCUT2D eigenvalue weighted by Crippen LogP contribution is 2.34. The summed E-state index contributed by atoms with van der Waals surface area (Å²) < 4.78 is 23.6. The third-order valence-corrected chi connectivity index (χ3v) is 8.63. The Morgan fingerprint density at radius 1 is 1.02 bits per heavy atom. The number of anilines is 2. The van der Waals surface area contributed by atoms with Crippen molar-refractivity contribution >= 4 is 23.3 Å². The zero-order valence-corrected chi connectivity index (χ0v) is 28.2. The molecule has 0 bridgehead atoms. The third-order valence-electron chi connectivity index (χ3n) is 8.63. The number of ether oxygens (including phenoxy) is 4. The summed E-state index contributed by atoms with van der Waals surface area (Å²) in [6.07, 6.45) is 5.85. The van der Waals surface area contributed by atoms with E-state index in [1.54, 1.807) is 53.7 Å². The summed E-state index contributed by atoms with van der Waals surface area (Å²) in [5.41, 5.74) is 2.41. The molecule has 1 aromatic heterocycles. The van der Waals surface area contributed by atoms with Gasteiger partial charge in [-0.3, -0.25) is 14.7 Å². The van der Waals surface area contributed by atoms with Crippen LogP contribution in [0.3, 0.4) is 0 Å². The minimum atomic E-state index is -0.485. The van der Waals surface area contributed by atoms with E-state index < -0.39 is 12.1 Å². The number of amides is 3.